The van der Waals surface area contributed by atoms with Gasteiger partial charge in [0, 0.05) is 10.5 Å². The minimum atomic E-state index is 0.0627. The predicted molar refractivity (Wildman–Crippen MR) is 67.2 cm³/mol. The molecule has 84 valence electrons. The number of benzene rings is 1. The van der Waals surface area contributed by atoms with E-state index in [4.69, 9.17) is 5.73 Å². The van der Waals surface area contributed by atoms with Crippen LogP contribution in [0.3, 0.4) is 0 Å². The van der Waals surface area contributed by atoms with Crippen LogP contribution in [0, 0.1) is 0 Å². The summed E-state index contributed by atoms with van der Waals surface area (Å²) < 4.78 is 1.05. The van der Waals surface area contributed by atoms with Gasteiger partial charge in [-0.3, -0.25) is 0 Å². The zero-order valence-electron chi connectivity index (χ0n) is 9.42. The topological polar surface area (TPSA) is 46.2 Å². The molecule has 3 N–H and O–H groups in total. The van der Waals surface area contributed by atoms with Crippen molar-refractivity contribution in [2.45, 2.75) is 39.2 Å². The number of halogens is 1. The molecule has 0 amide bonds. The highest BCUT2D eigenvalue weighted by Gasteiger charge is 2.11. The summed E-state index contributed by atoms with van der Waals surface area (Å²) in [5.74, 6) is 0.744. The van der Waals surface area contributed by atoms with E-state index in [0.29, 0.717) is 18.1 Å². The van der Waals surface area contributed by atoms with E-state index in [1.807, 2.05) is 19.1 Å². The molecule has 1 aromatic rings. The van der Waals surface area contributed by atoms with Gasteiger partial charge in [0.25, 0.3) is 0 Å². The summed E-state index contributed by atoms with van der Waals surface area (Å²) in [6, 6.07) is 3.85. The Morgan fingerprint density at radius 3 is 2.40 bits per heavy atom. The Hall–Kier alpha value is -0.540. The Morgan fingerprint density at radius 2 is 1.93 bits per heavy atom. The largest absolute Gasteiger partial charge is 0.508 e. The van der Waals surface area contributed by atoms with Crippen LogP contribution in [-0.2, 0) is 6.42 Å². The maximum Gasteiger partial charge on any atom is 0.119 e. The highest BCUT2D eigenvalue weighted by Crippen LogP contribution is 2.31. The number of phenolic OH excluding ortho intramolecular Hbond substituents is 1. The maximum atomic E-state index is 9.84. The molecule has 0 aliphatic carbocycles. The van der Waals surface area contributed by atoms with Gasteiger partial charge < -0.3 is 10.8 Å². The molecule has 0 aliphatic rings. The van der Waals surface area contributed by atoms with Gasteiger partial charge in [-0.25, -0.2) is 0 Å². The van der Waals surface area contributed by atoms with Crippen LogP contribution in [0.15, 0.2) is 16.6 Å². The molecule has 3 heteroatoms. The molecule has 15 heavy (non-hydrogen) atoms. The lowest BCUT2D eigenvalue weighted by molar-refractivity contribution is 0.464. The number of nitrogens with two attached hydrogens (primary N) is 1. The minimum Gasteiger partial charge on any atom is -0.508 e. The van der Waals surface area contributed by atoms with Crippen LogP contribution in [0.1, 0.15) is 37.8 Å². The second-order valence-electron chi connectivity index (χ2n) is 4.34. The molecule has 1 rings (SSSR count). The molecule has 1 unspecified atom stereocenters. The average molecular weight is 272 g/mol. The van der Waals surface area contributed by atoms with Crippen LogP contribution in [0.5, 0.6) is 5.75 Å². The van der Waals surface area contributed by atoms with Crippen molar-refractivity contribution in [3.8, 4) is 5.75 Å². The normalized spacial score (nSPS) is 13.2. The lowest BCUT2D eigenvalue weighted by Crippen LogP contribution is -2.17. The first-order valence-electron chi connectivity index (χ1n) is 5.18. The van der Waals surface area contributed by atoms with Crippen LogP contribution in [0.2, 0.25) is 0 Å². The number of hydrogen-bond acceptors (Lipinski definition) is 2. The van der Waals surface area contributed by atoms with Gasteiger partial charge in [-0.15, -0.1) is 0 Å². The number of aromatic hydroxyl groups is 1. The molecule has 1 aromatic carbocycles. The second-order valence-corrected chi connectivity index (χ2v) is 5.19. The van der Waals surface area contributed by atoms with Gasteiger partial charge in [0.05, 0.1) is 0 Å². The van der Waals surface area contributed by atoms with Crippen molar-refractivity contribution in [2.24, 2.45) is 5.73 Å². The monoisotopic (exact) mass is 271 g/mol. The van der Waals surface area contributed by atoms with Gasteiger partial charge in [-0.05, 0) is 42.5 Å². The van der Waals surface area contributed by atoms with Gasteiger partial charge in [-0.1, -0.05) is 29.8 Å². The second kappa shape index (κ2) is 4.99. The predicted octanol–water partition coefficient (Wildman–Crippen LogP) is 3.17. The van der Waals surface area contributed by atoms with Gasteiger partial charge in [0.1, 0.15) is 5.75 Å². The first-order valence-corrected chi connectivity index (χ1v) is 5.98. The molecule has 2 nitrogen and oxygen atoms in total. The van der Waals surface area contributed by atoms with E-state index in [2.05, 4.69) is 29.8 Å². The molecule has 0 aromatic heterocycles. The number of rotatable bonds is 3. The Kier molecular flexibility index (Phi) is 4.17. The van der Waals surface area contributed by atoms with Crippen molar-refractivity contribution in [1.82, 2.24) is 0 Å². The molecule has 0 saturated heterocycles. The highest BCUT2D eigenvalue weighted by molar-refractivity contribution is 9.10. The van der Waals surface area contributed by atoms with Crippen molar-refractivity contribution in [3.63, 3.8) is 0 Å². The van der Waals surface area contributed by atoms with E-state index in [1.165, 1.54) is 0 Å². The van der Waals surface area contributed by atoms with Crippen molar-refractivity contribution < 1.29 is 5.11 Å². The van der Waals surface area contributed by atoms with E-state index >= 15 is 0 Å². The number of phenols is 1. The van der Waals surface area contributed by atoms with Crippen LogP contribution >= 0.6 is 15.9 Å². The molecular formula is C12H18BrNO. The Morgan fingerprint density at radius 1 is 1.33 bits per heavy atom. The average Bonchev–Trinajstić information content (AvgIpc) is 2.09. The molecule has 0 spiro atoms. The first-order chi connectivity index (χ1) is 6.91. The molecule has 0 radical (unpaired) electrons. The molecule has 0 saturated carbocycles. The summed E-state index contributed by atoms with van der Waals surface area (Å²) >= 11 is 3.52. The molecule has 0 aliphatic heterocycles. The third-order valence-electron chi connectivity index (χ3n) is 2.36. The van der Waals surface area contributed by atoms with E-state index < -0.39 is 0 Å². The fourth-order valence-electron chi connectivity index (χ4n) is 1.57. The minimum absolute atomic E-state index is 0.0627. The summed E-state index contributed by atoms with van der Waals surface area (Å²) in [4.78, 5) is 0. The highest BCUT2D eigenvalue weighted by atomic mass is 79.9. The summed E-state index contributed by atoms with van der Waals surface area (Å²) in [5.41, 5.74) is 7.74. The first kappa shape index (κ1) is 12.5. The molecule has 0 heterocycles. The quantitative estimate of drug-likeness (QED) is 0.887. The van der Waals surface area contributed by atoms with Crippen LogP contribution < -0.4 is 5.73 Å². The zero-order valence-corrected chi connectivity index (χ0v) is 11.0. The molecule has 0 bridgehead atoms. The summed E-state index contributed by atoms with van der Waals surface area (Å²) in [7, 11) is 0. The maximum absolute atomic E-state index is 9.84. The summed E-state index contributed by atoms with van der Waals surface area (Å²) in [6.07, 6.45) is 0.697. The third kappa shape index (κ3) is 3.21. The Bertz CT molecular complexity index is 348. The smallest absolute Gasteiger partial charge is 0.119 e. The fourth-order valence-corrected chi connectivity index (χ4v) is 2.42. The third-order valence-corrected chi connectivity index (χ3v) is 3.05. The van der Waals surface area contributed by atoms with Gasteiger partial charge in [0.2, 0.25) is 0 Å². The van der Waals surface area contributed by atoms with E-state index in [1.54, 1.807) is 0 Å². The van der Waals surface area contributed by atoms with Crippen LogP contribution in [0.25, 0.3) is 0 Å². The Labute approximate surface area is 99.6 Å². The zero-order chi connectivity index (χ0) is 11.6. The van der Waals surface area contributed by atoms with E-state index in [9.17, 15) is 5.11 Å². The fraction of sp³-hybridized carbons (Fsp3) is 0.500. The van der Waals surface area contributed by atoms with Gasteiger partial charge >= 0.3 is 0 Å². The SMILES string of the molecule is CC(N)Cc1cc(Br)c(C(C)C)cc1O. The number of hydrogen-bond donors (Lipinski definition) is 2. The van der Waals surface area contributed by atoms with Crippen molar-refractivity contribution in [1.29, 1.82) is 0 Å². The van der Waals surface area contributed by atoms with Crippen molar-refractivity contribution in [3.05, 3.63) is 27.7 Å². The lowest BCUT2D eigenvalue weighted by Gasteiger charge is -2.13. The summed E-state index contributed by atoms with van der Waals surface area (Å²) in [6.45, 7) is 6.14. The van der Waals surface area contributed by atoms with Gasteiger partial charge in [0.15, 0.2) is 0 Å². The van der Waals surface area contributed by atoms with Crippen LogP contribution in [-0.4, -0.2) is 11.1 Å². The molecule has 0 fully saturated rings. The van der Waals surface area contributed by atoms with E-state index in [0.717, 1.165) is 15.6 Å². The summed E-state index contributed by atoms with van der Waals surface area (Å²) in [5, 5.41) is 9.84. The van der Waals surface area contributed by atoms with Crippen molar-refractivity contribution >= 4 is 15.9 Å². The van der Waals surface area contributed by atoms with E-state index in [-0.39, 0.29) is 6.04 Å². The molecule has 1 atom stereocenters. The lowest BCUT2D eigenvalue weighted by atomic mass is 9.98. The van der Waals surface area contributed by atoms with Gasteiger partial charge in [-0.2, -0.15) is 0 Å². The molecular weight excluding hydrogens is 254 g/mol. The van der Waals surface area contributed by atoms with Crippen LogP contribution in [0.4, 0.5) is 0 Å². The Balaban J connectivity index is 3.08. The standard InChI is InChI=1S/C12H18BrNO/c1-7(2)10-6-12(15)9(4-8(3)14)5-11(10)13/h5-8,15H,4,14H2,1-3H3. The van der Waals surface area contributed by atoms with Crippen molar-refractivity contribution in [2.75, 3.05) is 0 Å².